The Morgan fingerprint density at radius 3 is 2.71 bits per heavy atom. The Bertz CT molecular complexity index is 399. The molecule has 0 amide bonds. The second kappa shape index (κ2) is 4.48. The summed E-state index contributed by atoms with van der Waals surface area (Å²) in [5.41, 5.74) is 2.62. The summed E-state index contributed by atoms with van der Waals surface area (Å²) in [5, 5.41) is 18.1. The molecule has 0 spiro atoms. The average Bonchev–Trinajstić information content (AvgIpc) is 2.19. The Balaban J connectivity index is 3.22. The van der Waals surface area contributed by atoms with E-state index in [0.29, 0.717) is 5.57 Å². The fourth-order valence-electron chi connectivity index (χ4n) is 1.45. The molecule has 1 aromatic carbocycles. The molecule has 1 aromatic rings. The van der Waals surface area contributed by atoms with Gasteiger partial charge in [-0.2, -0.15) is 5.26 Å². The van der Waals surface area contributed by atoms with Crippen LogP contribution in [0.4, 0.5) is 0 Å². The molecule has 0 saturated carbocycles. The van der Waals surface area contributed by atoms with Crippen LogP contribution in [-0.4, -0.2) is 5.11 Å². The van der Waals surface area contributed by atoms with Crippen LogP contribution < -0.4 is 0 Å². The minimum atomic E-state index is 0.235. The number of phenolic OH excluding ortho intramolecular Hbond substituents is 1. The number of phenols is 1. The van der Waals surface area contributed by atoms with Crippen molar-refractivity contribution in [1.82, 2.24) is 0 Å². The minimum absolute atomic E-state index is 0.235. The van der Waals surface area contributed by atoms with Crippen molar-refractivity contribution in [2.45, 2.75) is 20.3 Å². The van der Waals surface area contributed by atoms with Gasteiger partial charge >= 0.3 is 0 Å². The highest BCUT2D eigenvalue weighted by molar-refractivity contribution is 5.71. The summed E-state index contributed by atoms with van der Waals surface area (Å²) in [6.45, 7) is 3.79. The van der Waals surface area contributed by atoms with Gasteiger partial charge in [0, 0.05) is 5.57 Å². The zero-order valence-electron chi connectivity index (χ0n) is 8.41. The van der Waals surface area contributed by atoms with Crippen molar-refractivity contribution in [3.63, 3.8) is 0 Å². The van der Waals surface area contributed by atoms with E-state index in [2.05, 4.69) is 6.07 Å². The Morgan fingerprint density at radius 2 is 2.21 bits per heavy atom. The van der Waals surface area contributed by atoms with Crippen LogP contribution in [0.3, 0.4) is 0 Å². The van der Waals surface area contributed by atoms with Gasteiger partial charge in [-0.15, -0.1) is 0 Å². The smallest absolute Gasteiger partial charge is 0.116 e. The summed E-state index contributed by atoms with van der Waals surface area (Å²) >= 11 is 0. The maximum Gasteiger partial charge on any atom is 0.116 e. The molecule has 0 aliphatic rings. The first-order valence-electron chi connectivity index (χ1n) is 4.58. The molecule has 1 rings (SSSR count). The third-order valence-corrected chi connectivity index (χ3v) is 2.17. The highest BCUT2D eigenvalue weighted by Gasteiger charge is 2.03. The summed E-state index contributed by atoms with van der Waals surface area (Å²) in [5.74, 6) is 0.235. The van der Waals surface area contributed by atoms with Gasteiger partial charge in [0.05, 0.1) is 6.07 Å². The van der Waals surface area contributed by atoms with E-state index in [1.807, 2.05) is 13.0 Å². The van der Waals surface area contributed by atoms with Crippen LogP contribution in [0.5, 0.6) is 5.75 Å². The van der Waals surface area contributed by atoms with Crippen LogP contribution >= 0.6 is 0 Å². The minimum Gasteiger partial charge on any atom is -0.508 e. The van der Waals surface area contributed by atoms with Crippen molar-refractivity contribution in [1.29, 1.82) is 5.26 Å². The molecule has 0 aromatic heterocycles. The molecule has 0 unspecified atom stereocenters. The van der Waals surface area contributed by atoms with Crippen molar-refractivity contribution in [3.8, 4) is 11.8 Å². The van der Waals surface area contributed by atoms with Gasteiger partial charge in [0.15, 0.2) is 0 Å². The molecule has 72 valence electrons. The molecular formula is C12H13NO. The zero-order chi connectivity index (χ0) is 10.6. The topological polar surface area (TPSA) is 44.0 Å². The van der Waals surface area contributed by atoms with Gasteiger partial charge in [-0.1, -0.05) is 19.1 Å². The largest absolute Gasteiger partial charge is 0.508 e. The predicted octanol–water partition coefficient (Wildman–Crippen LogP) is 3.10. The zero-order valence-corrected chi connectivity index (χ0v) is 8.41. The van der Waals surface area contributed by atoms with Crippen molar-refractivity contribution in [3.05, 3.63) is 35.4 Å². The first kappa shape index (κ1) is 10.3. The summed E-state index contributed by atoms with van der Waals surface area (Å²) in [6.07, 6.45) is 0.794. The van der Waals surface area contributed by atoms with Gasteiger partial charge in [0.1, 0.15) is 5.75 Å². The Labute approximate surface area is 84.1 Å². The third kappa shape index (κ3) is 2.14. The van der Waals surface area contributed by atoms with E-state index in [-0.39, 0.29) is 5.75 Å². The number of hydrogen-bond acceptors (Lipinski definition) is 2. The number of hydrogen-bond donors (Lipinski definition) is 1. The van der Waals surface area contributed by atoms with Gasteiger partial charge in [0.2, 0.25) is 0 Å². The van der Waals surface area contributed by atoms with Crippen molar-refractivity contribution >= 4 is 5.57 Å². The van der Waals surface area contributed by atoms with Crippen LogP contribution in [0.25, 0.3) is 5.57 Å². The van der Waals surface area contributed by atoms with Gasteiger partial charge < -0.3 is 5.11 Å². The summed E-state index contributed by atoms with van der Waals surface area (Å²) in [6, 6.07) is 9.12. The van der Waals surface area contributed by atoms with Crippen LogP contribution in [0, 0.1) is 11.3 Å². The molecule has 2 nitrogen and oxygen atoms in total. The first-order valence-corrected chi connectivity index (χ1v) is 4.58. The first-order chi connectivity index (χ1) is 6.69. The second-order valence-electron chi connectivity index (χ2n) is 3.12. The monoisotopic (exact) mass is 187 g/mol. The number of allylic oxidation sites excluding steroid dienone is 2. The molecule has 0 radical (unpaired) electrons. The number of rotatable bonds is 2. The van der Waals surface area contributed by atoms with E-state index in [9.17, 15) is 5.11 Å². The molecule has 14 heavy (non-hydrogen) atoms. The van der Waals surface area contributed by atoms with Crippen LogP contribution in [0.1, 0.15) is 25.8 Å². The maximum atomic E-state index is 9.31. The molecule has 0 fully saturated rings. The molecular weight excluding hydrogens is 174 g/mol. The average molecular weight is 187 g/mol. The Hall–Kier alpha value is -1.75. The SMILES string of the molecule is CCC(=C(C)C#N)c1cccc(O)c1. The standard InChI is InChI=1S/C12H13NO/c1-3-12(9(2)8-13)10-5-4-6-11(14)7-10/h4-7,14H,3H2,1-2H3. The maximum absolute atomic E-state index is 9.31. The second-order valence-corrected chi connectivity index (χ2v) is 3.12. The molecule has 0 aliphatic heterocycles. The summed E-state index contributed by atoms with van der Waals surface area (Å²) in [7, 11) is 0. The molecule has 0 aliphatic carbocycles. The fraction of sp³-hybridized carbons (Fsp3) is 0.250. The molecule has 0 atom stereocenters. The third-order valence-electron chi connectivity index (χ3n) is 2.17. The lowest BCUT2D eigenvalue weighted by molar-refractivity contribution is 0.475. The van der Waals surface area contributed by atoms with Gasteiger partial charge in [-0.25, -0.2) is 0 Å². The highest BCUT2D eigenvalue weighted by atomic mass is 16.3. The quantitative estimate of drug-likeness (QED) is 0.723. The fourth-order valence-corrected chi connectivity index (χ4v) is 1.45. The van der Waals surface area contributed by atoms with E-state index in [1.54, 1.807) is 25.1 Å². The van der Waals surface area contributed by atoms with E-state index in [4.69, 9.17) is 5.26 Å². The van der Waals surface area contributed by atoms with Crippen LogP contribution in [0.15, 0.2) is 29.8 Å². The lowest BCUT2D eigenvalue weighted by Crippen LogP contribution is -1.86. The lowest BCUT2D eigenvalue weighted by atomic mass is 9.99. The molecule has 0 heterocycles. The van der Waals surface area contributed by atoms with E-state index in [1.165, 1.54) is 0 Å². The van der Waals surface area contributed by atoms with E-state index in [0.717, 1.165) is 17.6 Å². The van der Waals surface area contributed by atoms with Crippen molar-refractivity contribution < 1.29 is 5.11 Å². The molecule has 1 N–H and O–H groups in total. The number of nitrogens with zero attached hydrogens (tertiary/aromatic N) is 1. The molecule has 2 heteroatoms. The van der Waals surface area contributed by atoms with E-state index >= 15 is 0 Å². The van der Waals surface area contributed by atoms with Crippen LogP contribution in [0.2, 0.25) is 0 Å². The molecule has 0 bridgehead atoms. The van der Waals surface area contributed by atoms with E-state index < -0.39 is 0 Å². The normalized spacial score (nSPS) is 11.8. The van der Waals surface area contributed by atoms with Crippen molar-refractivity contribution in [2.24, 2.45) is 0 Å². The predicted molar refractivity (Wildman–Crippen MR) is 56.6 cm³/mol. The number of benzene rings is 1. The highest BCUT2D eigenvalue weighted by Crippen LogP contribution is 2.24. The summed E-state index contributed by atoms with van der Waals surface area (Å²) < 4.78 is 0. The summed E-state index contributed by atoms with van der Waals surface area (Å²) in [4.78, 5) is 0. The number of aromatic hydroxyl groups is 1. The molecule has 0 saturated heterocycles. The van der Waals surface area contributed by atoms with Gasteiger partial charge in [-0.3, -0.25) is 0 Å². The number of nitriles is 1. The van der Waals surface area contributed by atoms with Gasteiger partial charge in [0.25, 0.3) is 0 Å². The van der Waals surface area contributed by atoms with Gasteiger partial charge in [-0.05, 0) is 36.6 Å². The Morgan fingerprint density at radius 1 is 1.50 bits per heavy atom. The van der Waals surface area contributed by atoms with Crippen molar-refractivity contribution in [2.75, 3.05) is 0 Å². The Kier molecular flexibility index (Phi) is 3.30. The van der Waals surface area contributed by atoms with Crippen LogP contribution in [-0.2, 0) is 0 Å². The lowest BCUT2D eigenvalue weighted by Gasteiger charge is -2.06.